The lowest BCUT2D eigenvalue weighted by atomic mass is 10.1. The number of Topliss-reactive ketones (excluding diaryl/α,β-unsaturated/α-hetero) is 1. The molecule has 0 fully saturated rings. The minimum atomic E-state index is -0.355. The van der Waals surface area contributed by atoms with Crippen LogP contribution in [0.5, 0.6) is 0 Å². The smallest absolute Gasteiger partial charge is 0.310 e. The number of rotatable bonds is 8. The van der Waals surface area contributed by atoms with Crippen LogP contribution >= 0.6 is 0 Å². The van der Waals surface area contributed by atoms with E-state index in [4.69, 9.17) is 4.74 Å². The molecule has 0 aromatic carbocycles. The number of ether oxygens (including phenoxy) is 1. The van der Waals surface area contributed by atoms with Crippen LogP contribution < -0.4 is 0 Å². The summed E-state index contributed by atoms with van der Waals surface area (Å²) in [5, 5.41) is 0. The van der Waals surface area contributed by atoms with Gasteiger partial charge < -0.3 is 4.74 Å². The van der Waals surface area contributed by atoms with E-state index in [-0.39, 0.29) is 18.2 Å². The maximum Gasteiger partial charge on any atom is 0.310 e. The van der Waals surface area contributed by atoms with Crippen molar-refractivity contribution in [2.24, 2.45) is 0 Å². The molecule has 0 aromatic heterocycles. The van der Waals surface area contributed by atoms with Gasteiger partial charge >= 0.3 is 5.97 Å². The Morgan fingerprint density at radius 3 is 2.40 bits per heavy atom. The molecule has 0 aliphatic rings. The molecule has 0 amide bonds. The molecule has 3 heteroatoms. The molecule has 3 nitrogen and oxygen atoms in total. The van der Waals surface area contributed by atoms with Crippen LogP contribution in [0.3, 0.4) is 0 Å². The summed E-state index contributed by atoms with van der Waals surface area (Å²) in [5.41, 5.74) is 0.313. The van der Waals surface area contributed by atoms with Crippen LogP contribution in [0.2, 0.25) is 0 Å². The first-order chi connectivity index (χ1) is 7.07. The zero-order valence-electron chi connectivity index (χ0n) is 9.67. The SMILES string of the molecule is C=C(CC(=O)OCCCCCC)C(C)=O. The van der Waals surface area contributed by atoms with Gasteiger partial charge in [-0.1, -0.05) is 32.8 Å². The molecule has 0 N–H and O–H groups in total. The molecular formula is C12H20O3. The number of carbonyl (C=O) groups is 2. The summed E-state index contributed by atoms with van der Waals surface area (Å²) in [4.78, 5) is 21.9. The molecule has 0 radical (unpaired) electrons. The molecule has 0 saturated heterocycles. The van der Waals surface area contributed by atoms with Gasteiger partial charge in [-0.05, 0) is 18.9 Å². The van der Waals surface area contributed by atoms with Crippen LogP contribution in [-0.4, -0.2) is 18.4 Å². The van der Waals surface area contributed by atoms with Crippen molar-refractivity contribution >= 4 is 11.8 Å². The van der Waals surface area contributed by atoms with E-state index >= 15 is 0 Å². The second-order valence-corrected chi connectivity index (χ2v) is 3.62. The monoisotopic (exact) mass is 212 g/mol. The first-order valence-electron chi connectivity index (χ1n) is 5.42. The van der Waals surface area contributed by atoms with Gasteiger partial charge in [0.25, 0.3) is 0 Å². The second-order valence-electron chi connectivity index (χ2n) is 3.62. The first kappa shape index (κ1) is 13.9. The molecule has 0 heterocycles. The van der Waals surface area contributed by atoms with Crippen LogP contribution in [0.4, 0.5) is 0 Å². The van der Waals surface area contributed by atoms with Gasteiger partial charge in [0.05, 0.1) is 13.0 Å². The van der Waals surface area contributed by atoms with Gasteiger partial charge in [-0.15, -0.1) is 0 Å². The minimum absolute atomic E-state index is 0.0170. The zero-order valence-corrected chi connectivity index (χ0v) is 9.67. The van der Waals surface area contributed by atoms with Gasteiger partial charge in [0.1, 0.15) is 0 Å². The predicted molar refractivity (Wildman–Crippen MR) is 59.5 cm³/mol. The fourth-order valence-electron chi connectivity index (χ4n) is 1.06. The fourth-order valence-corrected chi connectivity index (χ4v) is 1.06. The molecule has 0 unspecified atom stereocenters. The summed E-state index contributed by atoms with van der Waals surface area (Å²) in [6.45, 7) is 7.48. The average Bonchev–Trinajstić information content (AvgIpc) is 2.17. The van der Waals surface area contributed by atoms with Crippen molar-refractivity contribution in [3.8, 4) is 0 Å². The van der Waals surface area contributed by atoms with Crippen LogP contribution in [-0.2, 0) is 14.3 Å². The molecular weight excluding hydrogens is 192 g/mol. The molecule has 0 aliphatic carbocycles. The normalized spacial score (nSPS) is 9.73. The highest BCUT2D eigenvalue weighted by atomic mass is 16.5. The molecule has 0 aromatic rings. The van der Waals surface area contributed by atoms with Crippen LogP contribution in [0.25, 0.3) is 0 Å². The van der Waals surface area contributed by atoms with Gasteiger partial charge in [0.2, 0.25) is 0 Å². The second kappa shape index (κ2) is 8.21. The molecule has 15 heavy (non-hydrogen) atoms. The summed E-state index contributed by atoms with van der Waals surface area (Å²) < 4.78 is 4.96. The van der Waals surface area contributed by atoms with E-state index < -0.39 is 0 Å². The van der Waals surface area contributed by atoms with Gasteiger partial charge in [-0.3, -0.25) is 9.59 Å². The highest BCUT2D eigenvalue weighted by Crippen LogP contribution is 2.03. The van der Waals surface area contributed by atoms with E-state index in [1.807, 2.05) is 0 Å². The standard InChI is InChI=1S/C12H20O3/c1-4-5-6-7-8-15-12(14)9-10(2)11(3)13/h2,4-9H2,1,3H3. The van der Waals surface area contributed by atoms with Crippen molar-refractivity contribution in [3.63, 3.8) is 0 Å². The highest BCUT2D eigenvalue weighted by molar-refractivity contribution is 5.96. The lowest BCUT2D eigenvalue weighted by molar-refractivity contribution is -0.143. The number of hydrogen-bond acceptors (Lipinski definition) is 3. The molecule has 0 saturated carbocycles. The lowest BCUT2D eigenvalue weighted by Crippen LogP contribution is -2.09. The van der Waals surface area contributed by atoms with Gasteiger partial charge in [0, 0.05) is 0 Å². The average molecular weight is 212 g/mol. The lowest BCUT2D eigenvalue weighted by Gasteiger charge is -2.04. The Morgan fingerprint density at radius 2 is 1.87 bits per heavy atom. The van der Waals surface area contributed by atoms with E-state index in [1.54, 1.807) is 0 Å². The Morgan fingerprint density at radius 1 is 1.20 bits per heavy atom. The Hall–Kier alpha value is -1.12. The van der Waals surface area contributed by atoms with E-state index in [0.717, 1.165) is 25.7 Å². The summed E-state index contributed by atoms with van der Waals surface area (Å²) in [5.74, 6) is -0.510. The van der Waals surface area contributed by atoms with Gasteiger partial charge in [0.15, 0.2) is 5.78 Å². The Labute approximate surface area is 91.5 Å². The van der Waals surface area contributed by atoms with Crippen molar-refractivity contribution in [3.05, 3.63) is 12.2 Å². The van der Waals surface area contributed by atoms with Crippen LogP contribution in [0, 0.1) is 0 Å². The molecule has 0 aliphatic heterocycles. The van der Waals surface area contributed by atoms with Gasteiger partial charge in [-0.25, -0.2) is 0 Å². The van der Waals surface area contributed by atoms with E-state index in [2.05, 4.69) is 13.5 Å². The number of carbonyl (C=O) groups excluding carboxylic acids is 2. The Balaban J connectivity index is 3.49. The van der Waals surface area contributed by atoms with Crippen molar-refractivity contribution in [1.29, 1.82) is 0 Å². The summed E-state index contributed by atoms with van der Waals surface area (Å²) >= 11 is 0. The molecule has 86 valence electrons. The summed E-state index contributed by atoms with van der Waals surface area (Å²) in [6, 6.07) is 0. The zero-order chi connectivity index (χ0) is 11.7. The van der Waals surface area contributed by atoms with Crippen LogP contribution in [0.15, 0.2) is 12.2 Å². The van der Waals surface area contributed by atoms with Crippen molar-refractivity contribution in [2.75, 3.05) is 6.61 Å². The number of ketones is 1. The quantitative estimate of drug-likeness (QED) is 0.353. The maximum atomic E-state index is 11.2. The van der Waals surface area contributed by atoms with Crippen molar-refractivity contribution < 1.29 is 14.3 Å². The fraction of sp³-hybridized carbons (Fsp3) is 0.667. The molecule has 0 bridgehead atoms. The topological polar surface area (TPSA) is 43.4 Å². The maximum absolute atomic E-state index is 11.2. The third-order valence-electron chi connectivity index (χ3n) is 2.12. The van der Waals surface area contributed by atoms with Crippen molar-refractivity contribution in [2.45, 2.75) is 46.0 Å². The van der Waals surface area contributed by atoms with Crippen molar-refractivity contribution in [1.82, 2.24) is 0 Å². The van der Waals surface area contributed by atoms with E-state index in [9.17, 15) is 9.59 Å². The number of esters is 1. The van der Waals surface area contributed by atoms with E-state index in [1.165, 1.54) is 6.92 Å². The largest absolute Gasteiger partial charge is 0.465 e. The third kappa shape index (κ3) is 7.91. The Kier molecular flexibility index (Phi) is 7.60. The Bertz CT molecular complexity index is 231. The number of hydrogen-bond donors (Lipinski definition) is 0. The predicted octanol–water partition coefficient (Wildman–Crippen LogP) is 2.65. The van der Waals surface area contributed by atoms with Crippen LogP contribution in [0.1, 0.15) is 46.0 Å². The third-order valence-corrected chi connectivity index (χ3v) is 2.12. The first-order valence-corrected chi connectivity index (χ1v) is 5.42. The van der Waals surface area contributed by atoms with Gasteiger partial charge in [-0.2, -0.15) is 0 Å². The highest BCUT2D eigenvalue weighted by Gasteiger charge is 2.08. The summed E-state index contributed by atoms with van der Waals surface area (Å²) in [7, 11) is 0. The molecule has 0 spiro atoms. The summed E-state index contributed by atoms with van der Waals surface area (Å²) in [6.07, 6.45) is 4.32. The minimum Gasteiger partial charge on any atom is -0.465 e. The molecule has 0 atom stereocenters. The number of unbranched alkanes of at least 4 members (excludes halogenated alkanes) is 3. The van der Waals surface area contributed by atoms with E-state index in [0.29, 0.717) is 12.2 Å². The molecule has 0 rings (SSSR count).